The second-order valence-electron chi connectivity index (χ2n) is 7.44. The molecule has 0 fully saturated rings. The molecule has 4 heteroatoms. The van der Waals surface area contributed by atoms with E-state index in [1.807, 2.05) is 24.3 Å². The summed E-state index contributed by atoms with van der Waals surface area (Å²) in [4.78, 5) is 0. The minimum atomic E-state index is -0.253. The van der Waals surface area contributed by atoms with Crippen LogP contribution in [0.4, 0.5) is 0 Å². The average Bonchev–Trinajstić information content (AvgIpc) is 3.24. The lowest BCUT2D eigenvalue weighted by molar-refractivity contribution is -0.0190. The number of rotatable bonds is 5. The number of benzene rings is 3. The topological polar surface area (TPSA) is 34.1 Å². The number of ether oxygens (including phenoxy) is 2. The first-order valence-corrected chi connectivity index (χ1v) is 10.2. The predicted molar refractivity (Wildman–Crippen MR) is 114 cm³/mol. The quantitative estimate of drug-likeness (QED) is 0.564. The van der Waals surface area contributed by atoms with Crippen molar-refractivity contribution in [3.05, 3.63) is 95.6 Å². The molecule has 2 aliphatic heterocycles. The highest BCUT2D eigenvalue weighted by Gasteiger charge is 2.40. The van der Waals surface area contributed by atoms with E-state index >= 15 is 0 Å². The average molecular weight is 384 g/mol. The SMILES string of the molecule is CCCOc1ccc([C@H]2Oc3ccccc3[C@H]3CC(c4ccccc4)=NN32)cc1. The maximum absolute atomic E-state index is 6.42. The van der Waals surface area contributed by atoms with E-state index in [2.05, 4.69) is 66.5 Å². The highest BCUT2D eigenvalue weighted by Crippen LogP contribution is 2.47. The largest absolute Gasteiger partial charge is 0.494 e. The summed E-state index contributed by atoms with van der Waals surface area (Å²) in [5, 5.41) is 7.12. The van der Waals surface area contributed by atoms with Gasteiger partial charge < -0.3 is 9.47 Å². The first kappa shape index (κ1) is 17.8. The summed E-state index contributed by atoms with van der Waals surface area (Å²) >= 11 is 0. The van der Waals surface area contributed by atoms with Gasteiger partial charge in [-0.25, -0.2) is 5.01 Å². The zero-order valence-corrected chi connectivity index (χ0v) is 16.5. The highest BCUT2D eigenvalue weighted by molar-refractivity contribution is 6.01. The van der Waals surface area contributed by atoms with Gasteiger partial charge in [0, 0.05) is 17.5 Å². The van der Waals surface area contributed by atoms with E-state index < -0.39 is 0 Å². The fourth-order valence-electron chi connectivity index (χ4n) is 4.01. The van der Waals surface area contributed by atoms with E-state index in [1.54, 1.807) is 0 Å². The molecule has 3 aromatic rings. The van der Waals surface area contributed by atoms with E-state index in [0.717, 1.165) is 42.2 Å². The molecule has 146 valence electrons. The van der Waals surface area contributed by atoms with E-state index in [4.69, 9.17) is 14.6 Å². The Morgan fingerprint density at radius 3 is 2.52 bits per heavy atom. The van der Waals surface area contributed by atoms with Gasteiger partial charge in [0.05, 0.1) is 18.4 Å². The van der Waals surface area contributed by atoms with Crippen LogP contribution in [-0.4, -0.2) is 17.3 Å². The Morgan fingerprint density at radius 1 is 0.966 bits per heavy atom. The summed E-state index contributed by atoms with van der Waals surface area (Å²) in [7, 11) is 0. The minimum Gasteiger partial charge on any atom is -0.494 e. The Morgan fingerprint density at radius 2 is 1.72 bits per heavy atom. The standard InChI is InChI=1S/C25H24N2O2/c1-2-16-28-20-14-12-19(13-15-20)25-27-23(21-10-6-7-11-24(21)29-25)17-22(26-27)18-8-4-3-5-9-18/h3-15,23,25H,2,16-17H2,1H3/t23-,25-/m1/s1. The smallest absolute Gasteiger partial charge is 0.213 e. The lowest BCUT2D eigenvalue weighted by Gasteiger charge is -2.38. The van der Waals surface area contributed by atoms with Crippen LogP contribution in [0.2, 0.25) is 0 Å². The summed E-state index contributed by atoms with van der Waals surface area (Å²) in [5.41, 5.74) is 4.54. The maximum Gasteiger partial charge on any atom is 0.213 e. The van der Waals surface area contributed by atoms with Crippen molar-refractivity contribution in [1.29, 1.82) is 0 Å². The molecule has 4 nitrogen and oxygen atoms in total. The molecule has 3 aromatic carbocycles. The zero-order valence-electron chi connectivity index (χ0n) is 16.5. The van der Waals surface area contributed by atoms with Crippen molar-refractivity contribution in [2.24, 2.45) is 5.10 Å². The Kier molecular flexibility index (Phi) is 4.68. The minimum absolute atomic E-state index is 0.177. The van der Waals surface area contributed by atoms with Crippen molar-refractivity contribution in [2.75, 3.05) is 6.61 Å². The molecule has 0 saturated heterocycles. The molecule has 0 saturated carbocycles. The van der Waals surface area contributed by atoms with Crippen molar-refractivity contribution in [2.45, 2.75) is 32.0 Å². The Balaban J connectivity index is 1.50. The first-order valence-electron chi connectivity index (χ1n) is 10.2. The molecular weight excluding hydrogens is 360 g/mol. The van der Waals surface area contributed by atoms with Crippen LogP contribution in [0.5, 0.6) is 11.5 Å². The number of hydrogen-bond donors (Lipinski definition) is 0. The summed E-state index contributed by atoms with van der Waals surface area (Å²) in [5.74, 6) is 1.83. The van der Waals surface area contributed by atoms with Crippen LogP contribution in [-0.2, 0) is 0 Å². The van der Waals surface area contributed by atoms with Gasteiger partial charge in [0.2, 0.25) is 6.23 Å². The van der Waals surface area contributed by atoms with Gasteiger partial charge in [-0.2, -0.15) is 5.10 Å². The van der Waals surface area contributed by atoms with Crippen LogP contribution in [0.3, 0.4) is 0 Å². The molecule has 2 atom stereocenters. The molecular formula is C25H24N2O2. The maximum atomic E-state index is 6.42. The van der Waals surface area contributed by atoms with E-state index in [9.17, 15) is 0 Å². The summed E-state index contributed by atoms with van der Waals surface area (Å²) in [6, 6.07) is 27.1. The first-order chi connectivity index (χ1) is 14.3. The van der Waals surface area contributed by atoms with Crippen molar-refractivity contribution < 1.29 is 9.47 Å². The molecule has 0 spiro atoms. The number of nitrogens with zero attached hydrogens (tertiary/aromatic N) is 2. The third-order valence-corrected chi connectivity index (χ3v) is 5.44. The normalized spacial score (nSPS) is 19.8. The van der Waals surface area contributed by atoms with Gasteiger partial charge >= 0.3 is 0 Å². The lowest BCUT2D eigenvalue weighted by atomic mass is 9.96. The van der Waals surface area contributed by atoms with E-state index in [1.165, 1.54) is 11.1 Å². The van der Waals surface area contributed by atoms with Gasteiger partial charge in [-0.15, -0.1) is 0 Å². The third kappa shape index (κ3) is 3.35. The highest BCUT2D eigenvalue weighted by atomic mass is 16.5. The van der Waals surface area contributed by atoms with Crippen LogP contribution in [0.15, 0.2) is 84.0 Å². The Hall–Kier alpha value is -3.27. The van der Waals surface area contributed by atoms with Crippen LogP contribution < -0.4 is 9.47 Å². The van der Waals surface area contributed by atoms with Crippen LogP contribution in [0.25, 0.3) is 0 Å². The van der Waals surface area contributed by atoms with Gasteiger partial charge in [0.1, 0.15) is 11.5 Å². The van der Waals surface area contributed by atoms with Gasteiger partial charge in [0.25, 0.3) is 0 Å². The molecule has 0 amide bonds. The van der Waals surface area contributed by atoms with Gasteiger partial charge in [0.15, 0.2) is 0 Å². The monoisotopic (exact) mass is 384 g/mol. The Bertz CT molecular complexity index is 1010. The fraction of sp³-hybridized carbons (Fsp3) is 0.240. The van der Waals surface area contributed by atoms with Crippen molar-refractivity contribution in [3.8, 4) is 11.5 Å². The molecule has 0 N–H and O–H groups in total. The summed E-state index contributed by atoms with van der Waals surface area (Å²) in [6.45, 7) is 2.84. The molecule has 0 unspecified atom stereocenters. The number of fused-ring (bicyclic) bond motifs is 3. The molecule has 0 bridgehead atoms. The molecule has 0 aliphatic carbocycles. The lowest BCUT2D eigenvalue weighted by Crippen LogP contribution is -2.33. The third-order valence-electron chi connectivity index (χ3n) is 5.44. The predicted octanol–water partition coefficient (Wildman–Crippen LogP) is 5.72. The van der Waals surface area contributed by atoms with Gasteiger partial charge in [-0.1, -0.05) is 55.5 Å². The van der Waals surface area contributed by atoms with Gasteiger partial charge in [-0.3, -0.25) is 0 Å². The summed E-state index contributed by atoms with van der Waals surface area (Å²) in [6.07, 6.45) is 1.62. The van der Waals surface area contributed by atoms with Crippen LogP contribution in [0.1, 0.15) is 48.7 Å². The van der Waals surface area contributed by atoms with Crippen molar-refractivity contribution >= 4 is 5.71 Å². The second-order valence-corrected chi connectivity index (χ2v) is 7.44. The zero-order chi connectivity index (χ0) is 19.6. The molecule has 0 radical (unpaired) electrons. The molecule has 2 heterocycles. The number of hydrogen-bond acceptors (Lipinski definition) is 4. The molecule has 0 aromatic heterocycles. The van der Waals surface area contributed by atoms with Crippen LogP contribution >= 0.6 is 0 Å². The van der Waals surface area contributed by atoms with Crippen molar-refractivity contribution in [1.82, 2.24) is 5.01 Å². The van der Waals surface area contributed by atoms with Gasteiger partial charge in [-0.05, 0) is 42.3 Å². The fourth-order valence-corrected chi connectivity index (χ4v) is 4.01. The number of hydrazone groups is 1. The summed E-state index contributed by atoms with van der Waals surface area (Å²) < 4.78 is 12.1. The van der Waals surface area contributed by atoms with E-state index in [0.29, 0.717) is 0 Å². The number of para-hydroxylation sites is 1. The molecule has 2 aliphatic rings. The molecule has 5 rings (SSSR count). The second kappa shape index (κ2) is 7.63. The van der Waals surface area contributed by atoms with E-state index in [-0.39, 0.29) is 12.3 Å². The van der Waals surface area contributed by atoms with Crippen LogP contribution in [0, 0.1) is 0 Å². The Labute approximate surface area is 171 Å². The van der Waals surface area contributed by atoms with Crippen molar-refractivity contribution in [3.63, 3.8) is 0 Å². The molecule has 29 heavy (non-hydrogen) atoms.